The Kier molecular flexibility index (Phi) is 3.66. The van der Waals surface area contributed by atoms with Crippen molar-refractivity contribution in [2.24, 2.45) is 0 Å². The fourth-order valence-corrected chi connectivity index (χ4v) is 3.89. The maximum Gasteiger partial charge on any atom is 0.245 e. The molecule has 0 bridgehead atoms. The number of thiazole rings is 1. The Morgan fingerprint density at radius 1 is 1.53 bits per heavy atom. The molecule has 1 amide bonds. The quantitative estimate of drug-likeness (QED) is 0.840. The predicted molar refractivity (Wildman–Crippen MR) is 76.1 cm³/mol. The molecule has 5 heteroatoms. The molecule has 0 spiro atoms. The first-order chi connectivity index (χ1) is 9.31. The summed E-state index contributed by atoms with van der Waals surface area (Å²) in [5, 5.41) is 3.16. The van der Waals surface area contributed by atoms with Gasteiger partial charge in [-0.2, -0.15) is 0 Å². The lowest BCUT2D eigenvalue weighted by molar-refractivity contribution is -0.134. The van der Waals surface area contributed by atoms with E-state index in [0.717, 1.165) is 36.4 Å². The number of amides is 1. The van der Waals surface area contributed by atoms with Gasteiger partial charge >= 0.3 is 0 Å². The van der Waals surface area contributed by atoms with Crippen LogP contribution in [0.1, 0.15) is 35.9 Å². The molecule has 2 atom stereocenters. The van der Waals surface area contributed by atoms with Crippen LogP contribution in [-0.2, 0) is 11.2 Å². The number of nitrogens with zero attached hydrogens (tertiary/aromatic N) is 2. The summed E-state index contributed by atoms with van der Waals surface area (Å²) in [4.78, 5) is 20.3. The maximum absolute atomic E-state index is 12.7. The molecule has 19 heavy (non-hydrogen) atoms. The molecule has 4 nitrogen and oxygen atoms in total. The number of nitrogens with one attached hydrogen (secondary N) is 1. The van der Waals surface area contributed by atoms with Gasteiger partial charge in [0, 0.05) is 13.0 Å². The number of hydrogen-bond acceptors (Lipinski definition) is 4. The molecular formula is C14H19N3OS. The Balaban J connectivity index is 1.89. The van der Waals surface area contributed by atoms with Crippen molar-refractivity contribution in [1.29, 1.82) is 0 Å². The van der Waals surface area contributed by atoms with E-state index in [1.54, 1.807) is 11.3 Å². The second-order valence-electron chi connectivity index (χ2n) is 5.09. The molecule has 0 radical (unpaired) electrons. The molecule has 102 valence electrons. The van der Waals surface area contributed by atoms with E-state index in [1.165, 1.54) is 6.42 Å². The molecule has 0 aromatic carbocycles. The largest absolute Gasteiger partial charge is 0.334 e. The van der Waals surface area contributed by atoms with Gasteiger partial charge in [0.05, 0.1) is 22.1 Å². The Morgan fingerprint density at radius 3 is 3.16 bits per heavy atom. The lowest BCUT2D eigenvalue weighted by atomic mass is 10.0. The molecular weight excluding hydrogens is 258 g/mol. The first-order valence-corrected chi connectivity index (χ1v) is 7.76. The summed E-state index contributed by atoms with van der Waals surface area (Å²) in [6.07, 6.45) is 8.67. The highest BCUT2D eigenvalue weighted by Crippen LogP contribution is 2.30. The van der Waals surface area contributed by atoms with E-state index >= 15 is 0 Å². The van der Waals surface area contributed by atoms with E-state index < -0.39 is 0 Å². The van der Waals surface area contributed by atoms with Gasteiger partial charge in [0.15, 0.2) is 0 Å². The van der Waals surface area contributed by atoms with Gasteiger partial charge in [-0.3, -0.25) is 4.79 Å². The van der Waals surface area contributed by atoms with Crippen LogP contribution >= 0.6 is 11.3 Å². The van der Waals surface area contributed by atoms with Crippen LogP contribution in [0.4, 0.5) is 0 Å². The van der Waals surface area contributed by atoms with Gasteiger partial charge < -0.3 is 10.2 Å². The molecule has 2 heterocycles. The van der Waals surface area contributed by atoms with Crippen molar-refractivity contribution >= 4 is 17.2 Å². The van der Waals surface area contributed by atoms with Crippen LogP contribution in [0.3, 0.4) is 0 Å². The van der Waals surface area contributed by atoms with Gasteiger partial charge in [-0.25, -0.2) is 4.98 Å². The second kappa shape index (κ2) is 5.43. The summed E-state index contributed by atoms with van der Waals surface area (Å²) in [6.45, 7) is 0.781. The maximum atomic E-state index is 12.7. The van der Waals surface area contributed by atoms with Crippen molar-refractivity contribution in [3.63, 3.8) is 0 Å². The van der Waals surface area contributed by atoms with Gasteiger partial charge in [0.25, 0.3) is 0 Å². The molecule has 1 N–H and O–H groups in total. The van der Waals surface area contributed by atoms with Crippen molar-refractivity contribution in [3.05, 3.63) is 28.2 Å². The Labute approximate surface area is 117 Å². The molecule has 0 saturated heterocycles. The van der Waals surface area contributed by atoms with Crippen molar-refractivity contribution < 1.29 is 4.79 Å². The number of likely N-dealkylation sites (N-methyl/N-ethyl adjacent to an activating group) is 1. The third-order valence-electron chi connectivity index (χ3n) is 3.97. The molecule has 3 rings (SSSR count). The summed E-state index contributed by atoms with van der Waals surface area (Å²) in [5.74, 6) is 0.196. The minimum absolute atomic E-state index is 0.196. The second-order valence-corrected chi connectivity index (χ2v) is 5.98. The van der Waals surface area contributed by atoms with Crippen LogP contribution in [0.2, 0.25) is 0 Å². The molecule has 0 fully saturated rings. The number of carbonyl (C=O) groups is 1. The monoisotopic (exact) mass is 277 g/mol. The van der Waals surface area contributed by atoms with Crippen molar-refractivity contribution in [2.75, 3.05) is 13.6 Å². The van der Waals surface area contributed by atoms with Crippen LogP contribution in [0.25, 0.3) is 0 Å². The minimum Gasteiger partial charge on any atom is -0.334 e. The van der Waals surface area contributed by atoms with Gasteiger partial charge in [-0.05, 0) is 26.3 Å². The van der Waals surface area contributed by atoms with Crippen LogP contribution in [-0.4, -0.2) is 35.4 Å². The number of hydrogen-bond donors (Lipinski definition) is 1. The highest BCUT2D eigenvalue weighted by Gasteiger charge is 2.34. The smallest absolute Gasteiger partial charge is 0.245 e. The topological polar surface area (TPSA) is 45.2 Å². The fourth-order valence-electron chi connectivity index (χ4n) is 2.95. The molecule has 2 aliphatic rings. The van der Waals surface area contributed by atoms with Crippen molar-refractivity contribution in [2.45, 2.75) is 37.8 Å². The summed E-state index contributed by atoms with van der Waals surface area (Å²) < 4.78 is 0. The zero-order valence-electron chi connectivity index (χ0n) is 11.1. The van der Waals surface area contributed by atoms with E-state index in [2.05, 4.69) is 22.5 Å². The third kappa shape index (κ3) is 2.32. The van der Waals surface area contributed by atoms with Crippen LogP contribution in [0.5, 0.6) is 0 Å². The minimum atomic E-state index is -0.222. The standard InChI is InChI=1S/C14H19N3OS/c1-15-12-13-11(16-9-19-13)7-8-17(14(12)18)10-5-3-2-4-6-10/h3,5,9-10,12,15H,2,4,6-8H2,1H3. The van der Waals surface area contributed by atoms with E-state index in [4.69, 9.17) is 0 Å². The lowest BCUT2D eigenvalue weighted by Crippen LogP contribution is -2.44. The molecule has 1 aliphatic heterocycles. The summed E-state index contributed by atoms with van der Waals surface area (Å²) in [7, 11) is 1.85. The molecule has 1 aromatic heterocycles. The third-order valence-corrected chi connectivity index (χ3v) is 4.91. The normalized spacial score (nSPS) is 27.2. The fraction of sp³-hybridized carbons (Fsp3) is 0.571. The summed E-state index contributed by atoms with van der Waals surface area (Å²) in [5.41, 5.74) is 2.93. The first kappa shape index (κ1) is 12.8. The zero-order valence-corrected chi connectivity index (χ0v) is 11.9. The average Bonchev–Trinajstić information content (AvgIpc) is 2.85. The van der Waals surface area contributed by atoms with Crippen LogP contribution in [0.15, 0.2) is 17.7 Å². The van der Waals surface area contributed by atoms with Gasteiger partial charge in [0.2, 0.25) is 5.91 Å². The summed E-state index contributed by atoms with van der Waals surface area (Å²) >= 11 is 1.58. The highest BCUT2D eigenvalue weighted by molar-refractivity contribution is 7.10. The molecule has 1 aromatic rings. The number of allylic oxidation sites excluding steroid dienone is 1. The Hall–Kier alpha value is -1.20. The van der Waals surface area contributed by atoms with Gasteiger partial charge in [-0.15, -0.1) is 11.3 Å². The number of fused-ring (bicyclic) bond motifs is 1. The van der Waals surface area contributed by atoms with Gasteiger partial charge in [-0.1, -0.05) is 12.2 Å². The van der Waals surface area contributed by atoms with E-state index in [-0.39, 0.29) is 18.0 Å². The zero-order chi connectivity index (χ0) is 13.2. The molecule has 0 saturated carbocycles. The van der Waals surface area contributed by atoms with Crippen LogP contribution < -0.4 is 5.32 Å². The number of rotatable bonds is 2. The van der Waals surface area contributed by atoms with Crippen LogP contribution in [0, 0.1) is 0 Å². The lowest BCUT2D eigenvalue weighted by Gasteiger charge is -2.32. The highest BCUT2D eigenvalue weighted by atomic mass is 32.1. The Morgan fingerprint density at radius 2 is 2.42 bits per heavy atom. The number of aromatic nitrogens is 1. The van der Waals surface area contributed by atoms with Gasteiger partial charge in [0.1, 0.15) is 6.04 Å². The predicted octanol–water partition coefficient (Wildman–Crippen LogP) is 1.90. The molecule has 2 unspecified atom stereocenters. The van der Waals surface area contributed by atoms with Crippen molar-refractivity contribution in [1.82, 2.24) is 15.2 Å². The first-order valence-electron chi connectivity index (χ1n) is 6.88. The van der Waals surface area contributed by atoms with Crippen molar-refractivity contribution in [3.8, 4) is 0 Å². The van der Waals surface area contributed by atoms with E-state index in [9.17, 15) is 4.79 Å². The molecule has 1 aliphatic carbocycles. The summed E-state index contributed by atoms with van der Waals surface area (Å²) in [6, 6.07) is 0.0476. The Bertz CT molecular complexity index is 497. The SMILES string of the molecule is CNC1C(=O)N(C2C=CCCC2)CCc2ncsc21. The van der Waals surface area contributed by atoms with E-state index in [0.29, 0.717) is 0 Å². The average molecular weight is 277 g/mol. The van der Waals surface area contributed by atoms with E-state index in [1.807, 2.05) is 17.5 Å². The number of carbonyl (C=O) groups excluding carboxylic acids is 1.